The van der Waals surface area contributed by atoms with E-state index >= 15 is 0 Å². The first-order chi connectivity index (χ1) is 6.74. The fourth-order valence-corrected chi connectivity index (χ4v) is 1.32. The van der Waals surface area contributed by atoms with Crippen molar-refractivity contribution in [1.29, 1.82) is 0 Å². The van der Waals surface area contributed by atoms with Gasteiger partial charge in [0.1, 0.15) is 6.20 Å². The molecule has 0 N–H and O–H groups in total. The Morgan fingerprint density at radius 1 is 1.50 bits per heavy atom. The Morgan fingerprint density at radius 3 is 2.86 bits per heavy atom. The molecule has 0 bridgehead atoms. The summed E-state index contributed by atoms with van der Waals surface area (Å²) < 4.78 is 1.73. The van der Waals surface area contributed by atoms with Gasteiger partial charge in [0, 0.05) is 12.4 Å². The summed E-state index contributed by atoms with van der Waals surface area (Å²) in [5.74, 6) is 0.576. The normalized spacial score (nSPS) is 10.4. The highest BCUT2D eigenvalue weighted by molar-refractivity contribution is 6.17. The minimum Gasteiger partial charge on any atom is -0.358 e. The topological polar surface area (TPSA) is 61.0 Å². The van der Waals surface area contributed by atoms with Crippen molar-refractivity contribution >= 4 is 17.4 Å². The van der Waals surface area contributed by atoms with E-state index in [1.807, 2.05) is 0 Å². The first-order valence-corrected chi connectivity index (χ1v) is 4.99. The summed E-state index contributed by atoms with van der Waals surface area (Å²) in [6.45, 7) is 0.762. The summed E-state index contributed by atoms with van der Waals surface area (Å²) in [6, 6.07) is 0. The number of hydrogen-bond acceptors (Lipinski definition) is 3. The van der Waals surface area contributed by atoms with Crippen LogP contribution in [0.3, 0.4) is 0 Å². The number of aromatic nitrogens is 2. The monoisotopic (exact) mass is 217 g/mol. The molecule has 6 heteroatoms. The van der Waals surface area contributed by atoms with Gasteiger partial charge in [-0.25, -0.2) is 0 Å². The van der Waals surface area contributed by atoms with Crippen LogP contribution in [0.2, 0.25) is 0 Å². The highest BCUT2D eigenvalue weighted by Crippen LogP contribution is 2.07. The van der Waals surface area contributed by atoms with Gasteiger partial charge in [-0.05, 0) is 22.7 Å². The van der Waals surface area contributed by atoms with Crippen LogP contribution in [0, 0.1) is 10.1 Å². The van der Waals surface area contributed by atoms with Crippen LogP contribution in [0.1, 0.15) is 19.3 Å². The molecule has 0 aliphatic carbocycles. The van der Waals surface area contributed by atoms with E-state index in [4.69, 9.17) is 11.6 Å². The molecule has 1 aromatic heterocycles. The zero-order valence-corrected chi connectivity index (χ0v) is 8.48. The van der Waals surface area contributed by atoms with Crippen LogP contribution in [0.25, 0.3) is 0 Å². The number of nitrogens with zero attached hydrogens (tertiary/aromatic N) is 3. The molecule has 0 aliphatic heterocycles. The Kier molecular flexibility index (Phi) is 4.39. The molecule has 0 aromatic carbocycles. The lowest BCUT2D eigenvalue weighted by atomic mass is 10.2. The predicted molar refractivity (Wildman–Crippen MR) is 53.5 cm³/mol. The number of imidazole rings is 1. The smallest absolute Gasteiger partial charge is 0.358 e. The Morgan fingerprint density at radius 2 is 2.29 bits per heavy atom. The van der Waals surface area contributed by atoms with Crippen molar-refractivity contribution in [1.82, 2.24) is 9.55 Å². The molecule has 0 saturated heterocycles. The van der Waals surface area contributed by atoms with E-state index < -0.39 is 4.92 Å². The average Bonchev–Trinajstić information content (AvgIpc) is 2.61. The largest absolute Gasteiger partial charge is 0.381 e. The molecule has 0 amide bonds. The van der Waals surface area contributed by atoms with Gasteiger partial charge in [0.25, 0.3) is 0 Å². The van der Waals surface area contributed by atoms with Crippen molar-refractivity contribution in [3.63, 3.8) is 0 Å². The molecule has 0 atom stereocenters. The Hall–Kier alpha value is -1.10. The standard InChI is InChI=1S/C8H12ClN3O2/c9-4-2-1-3-5-11-6-8(10-7-11)12(13)14/h6-7H,1-5H2. The fourth-order valence-electron chi connectivity index (χ4n) is 1.13. The van der Waals surface area contributed by atoms with Gasteiger partial charge in [-0.2, -0.15) is 0 Å². The maximum absolute atomic E-state index is 10.3. The number of hydrogen-bond donors (Lipinski definition) is 0. The van der Waals surface area contributed by atoms with Crippen LogP contribution in [0.15, 0.2) is 12.5 Å². The SMILES string of the molecule is O=[N+]([O-])c1cn(CCCCCCl)cn1. The second-order valence-corrected chi connectivity index (χ2v) is 3.35. The Bertz CT molecular complexity index is 301. The highest BCUT2D eigenvalue weighted by atomic mass is 35.5. The van der Waals surface area contributed by atoms with E-state index in [-0.39, 0.29) is 5.82 Å². The van der Waals surface area contributed by atoms with E-state index in [2.05, 4.69) is 4.98 Å². The molecule has 0 aliphatic rings. The number of halogens is 1. The zero-order chi connectivity index (χ0) is 10.4. The molecule has 0 spiro atoms. The van der Waals surface area contributed by atoms with Gasteiger partial charge in [0.2, 0.25) is 6.33 Å². The van der Waals surface area contributed by atoms with Gasteiger partial charge in [-0.15, -0.1) is 11.6 Å². The summed E-state index contributed by atoms with van der Waals surface area (Å²) in [5.41, 5.74) is 0. The fraction of sp³-hybridized carbons (Fsp3) is 0.625. The van der Waals surface area contributed by atoms with Gasteiger partial charge in [-0.1, -0.05) is 6.42 Å². The molecule has 1 aromatic rings. The first-order valence-electron chi connectivity index (χ1n) is 4.46. The molecule has 14 heavy (non-hydrogen) atoms. The van der Waals surface area contributed by atoms with Gasteiger partial charge in [-0.3, -0.25) is 0 Å². The number of unbranched alkanes of at least 4 members (excludes halogenated alkanes) is 2. The molecule has 0 unspecified atom stereocenters. The van der Waals surface area contributed by atoms with Crippen molar-refractivity contribution in [2.45, 2.75) is 25.8 Å². The summed E-state index contributed by atoms with van der Waals surface area (Å²) in [5, 5.41) is 10.3. The molecule has 78 valence electrons. The van der Waals surface area contributed by atoms with Crippen LogP contribution in [0.4, 0.5) is 5.82 Å². The lowest BCUT2D eigenvalue weighted by molar-refractivity contribution is -0.389. The van der Waals surface area contributed by atoms with Gasteiger partial charge in [0.05, 0.1) is 0 Å². The molecule has 0 radical (unpaired) electrons. The van der Waals surface area contributed by atoms with E-state index in [1.165, 1.54) is 12.5 Å². The van der Waals surface area contributed by atoms with Crippen LogP contribution in [-0.4, -0.2) is 20.4 Å². The minimum absolute atomic E-state index is 0.0951. The van der Waals surface area contributed by atoms with Gasteiger partial charge >= 0.3 is 5.82 Å². The molecular weight excluding hydrogens is 206 g/mol. The summed E-state index contributed by atoms with van der Waals surface area (Å²) in [7, 11) is 0. The molecular formula is C8H12ClN3O2. The van der Waals surface area contributed by atoms with Crippen LogP contribution >= 0.6 is 11.6 Å². The maximum atomic E-state index is 10.3. The third-order valence-electron chi connectivity index (χ3n) is 1.86. The highest BCUT2D eigenvalue weighted by Gasteiger charge is 2.08. The van der Waals surface area contributed by atoms with Crippen LogP contribution < -0.4 is 0 Å². The summed E-state index contributed by atoms with van der Waals surface area (Å²) >= 11 is 5.52. The molecule has 0 saturated carbocycles. The third kappa shape index (κ3) is 3.33. The van der Waals surface area contributed by atoms with Gasteiger partial charge < -0.3 is 14.7 Å². The second kappa shape index (κ2) is 5.59. The number of aryl methyl sites for hydroxylation is 1. The number of alkyl halides is 1. The first kappa shape index (κ1) is 11.0. The predicted octanol–water partition coefficient (Wildman–Crippen LogP) is 2.20. The van der Waals surface area contributed by atoms with E-state index in [1.54, 1.807) is 4.57 Å². The van der Waals surface area contributed by atoms with Crippen molar-refractivity contribution in [3.8, 4) is 0 Å². The third-order valence-corrected chi connectivity index (χ3v) is 2.12. The van der Waals surface area contributed by atoms with Crippen LogP contribution in [-0.2, 0) is 6.54 Å². The van der Waals surface area contributed by atoms with Crippen molar-refractivity contribution in [2.24, 2.45) is 0 Å². The Labute approximate surface area is 86.9 Å². The molecule has 0 fully saturated rings. The van der Waals surface area contributed by atoms with E-state index in [9.17, 15) is 10.1 Å². The molecule has 5 nitrogen and oxygen atoms in total. The molecule has 1 heterocycles. The lowest BCUT2D eigenvalue weighted by Crippen LogP contribution is -1.94. The van der Waals surface area contributed by atoms with Gasteiger partial charge in [0.15, 0.2) is 0 Å². The quantitative estimate of drug-likeness (QED) is 0.318. The van der Waals surface area contributed by atoms with E-state index in [0.29, 0.717) is 5.88 Å². The van der Waals surface area contributed by atoms with Crippen molar-refractivity contribution in [3.05, 3.63) is 22.6 Å². The summed E-state index contributed by atoms with van der Waals surface area (Å²) in [4.78, 5) is 13.5. The average molecular weight is 218 g/mol. The number of rotatable bonds is 6. The van der Waals surface area contributed by atoms with E-state index in [0.717, 1.165) is 25.8 Å². The lowest BCUT2D eigenvalue weighted by Gasteiger charge is -1.98. The summed E-state index contributed by atoms with van der Waals surface area (Å²) in [6.07, 6.45) is 5.92. The Balaban J connectivity index is 2.33. The number of nitro groups is 1. The molecule has 1 rings (SSSR count). The minimum atomic E-state index is -0.491. The van der Waals surface area contributed by atoms with Crippen LogP contribution in [0.5, 0.6) is 0 Å². The van der Waals surface area contributed by atoms with Crippen molar-refractivity contribution < 1.29 is 4.92 Å². The maximum Gasteiger partial charge on any atom is 0.381 e. The zero-order valence-electron chi connectivity index (χ0n) is 7.73. The second-order valence-electron chi connectivity index (χ2n) is 2.98. The van der Waals surface area contributed by atoms with Crippen molar-refractivity contribution in [2.75, 3.05) is 5.88 Å².